The summed E-state index contributed by atoms with van der Waals surface area (Å²) in [4.78, 5) is 8.22. The van der Waals surface area contributed by atoms with Crippen LogP contribution in [0.25, 0.3) is 5.70 Å². The van der Waals surface area contributed by atoms with E-state index in [4.69, 9.17) is 16.3 Å². The maximum absolute atomic E-state index is 11.2. The van der Waals surface area contributed by atoms with E-state index in [-0.39, 0.29) is 16.3 Å². The molecule has 2 rings (SSSR count). The Kier molecular flexibility index (Phi) is 4.28. The van der Waals surface area contributed by atoms with E-state index >= 15 is 0 Å². The average Bonchev–Trinajstić information content (AvgIpc) is 2.38. The maximum atomic E-state index is 11.2. The number of nitrogens with one attached hydrogen (secondary N) is 1. The summed E-state index contributed by atoms with van der Waals surface area (Å²) in [5.41, 5.74) is 0.853. The van der Waals surface area contributed by atoms with Crippen molar-refractivity contribution in [1.82, 2.24) is 15.3 Å². The highest BCUT2D eigenvalue weighted by molar-refractivity contribution is 7.83. The van der Waals surface area contributed by atoms with Gasteiger partial charge in [-0.15, -0.1) is 0 Å². The van der Waals surface area contributed by atoms with Crippen molar-refractivity contribution in [2.24, 2.45) is 0 Å². The Morgan fingerprint density at radius 3 is 2.89 bits per heavy atom. The van der Waals surface area contributed by atoms with Crippen LogP contribution in [0, 0.1) is 0 Å². The van der Waals surface area contributed by atoms with Gasteiger partial charge in [-0.25, -0.2) is 9.97 Å². The van der Waals surface area contributed by atoms with Crippen molar-refractivity contribution in [3.63, 3.8) is 0 Å². The lowest BCUT2D eigenvalue weighted by Gasteiger charge is -2.28. The van der Waals surface area contributed by atoms with Gasteiger partial charge in [0.25, 0.3) is 0 Å². The molecule has 1 aliphatic rings. The predicted octanol–water partition coefficient (Wildman–Crippen LogP) is 1.03. The molecule has 1 aromatic heterocycles. The molecule has 0 saturated heterocycles. The lowest BCUT2D eigenvalue weighted by molar-refractivity contribution is 0.0781. The first-order chi connectivity index (χ1) is 8.61. The molecule has 2 atom stereocenters. The molecule has 6 nitrogen and oxygen atoms in total. The van der Waals surface area contributed by atoms with Gasteiger partial charge in [0.15, 0.2) is 0 Å². The minimum atomic E-state index is -2.29. The van der Waals surface area contributed by atoms with Gasteiger partial charge in [0.05, 0.1) is 18.1 Å². The van der Waals surface area contributed by atoms with E-state index in [9.17, 15) is 8.76 Å². The third kappa shape index (κ3) is 2.86. The second-order valence-corrected chi connectivity index (χ2v) is 5.01. The van der Waals surface area contributed by atoms with Crippen LogP contribution in [0.15, 0.2) is 17.3 Å². The Balaban J connectivity index is 2.40. The van der Waals surface area contributed by atoms with E-state index in [1.807, 2.05) is 0 Å². The lowest BCUT2D eigenvalue weighted by atomic mass is 10.1. The van der Waals surface area contributed by atoms with Crippen molar-refractivity contribution in [2.75, 3.05) is 7.11 Å². The zero-order chi connectivity index (χ0) is 13.1. The van der Waals surface area contributed by atoms with E-state index in [1.54, 1.807) is 7.11 Å². The summed E-state index contributed by atoms with van der Waals surface area (Å²) in [5.74, 6) is 0. The van der Waals surface area contributed by atoms with E-state index in [2.05, 4.69) is 15.3 Å². The first-order valence-electron chi connectivity index (χ1n) is 5.21. The standard InChI is InChI=1S/C10H12ClN3O3S/c1-17-9-3-2-7(18(15)16)10(14-9)6-4-13-8(11)5-12-6/h4-5,9,14H,2-3H2,1H3,(H,15,16)/p-1. The number of rotatable bonds is 3. The third-order valence-corrected chi connectivity index (χ3v) is 3.59. The first kappa shape index (κ1) is 13.4. The molecule has 0 radical (unpaired) electrons. The van der Waals surface area contributed by atoms with Gasteiger partial charge in [-0.05, 0) is 23.9 Å². The molecule has 0 bridgehead atoms. The van der Waals surface area contributed by atoms with Gasteiger partial charge in [-0.1, -0.05) is 11.6 Å². The molecule has 0 amide bonds. The molecule has 98 valence electrons. The van der Waals surface area contributed by atoms with Crippen LogP contribution in [0.5, 0.6) is 0 Å². The number of methoxy groups -OCH3 is 1. The van der Waals surface area contributed by atoms with Gasteiger partial charge in [0.2, 0.25) is 0 Å². The van der Waals surface area contributed by atoms with E-state index in [0.717, 1.165) is 0 Å². The summed E-state index contributed by atoms with van der Waals surface area (Å²) >= 11 is 3.35. The Hall–Kier alpha value is -1.02. The average molecular weight is 289 g/mol. The highest BCUT2D eigenvalue weighted by Crippen LogP contribution is 2.26. The van der Waals surface area contributed by atoms with Crippen molar-refractivity contribution < 1.29 is 13.5 Å². The van der Waals surface area contributed by atoms with Gasteiger partial charge in [0.1, 0.15) is 17.1 Å². The molecule has 1 aromatic rings. The Morgan fingerprint density at radius 2 is 2.33 bits per heavy atom. The van der Waals surface area contributed by atoms with Crippen LogP contribution < -0.4 is 5.32 Å². The fourth-order valence-electron chi connectivity index (χ4n) is 1.70. The topological polar surface area (TPSA) is 87.2 Å². The molecule has 18 heavy (non-hydrogen) atoms. The third-order valence-electron chi connectivity index (χ3n) is 2.58. The van der Waals surface area contributed by atoms with Crippen LogP contribution in [0.3, 0.4) is 0 Å². The van der Waals surface area contributed by atoms with Gasteiger partial charge in [-0.3, -0.25) is 4.21 Å². The quantitative estimate of drug-likeness (QED) is 0.836. The number of allylic oxidation sites excluding steroid dienone is 1. The number of aromatic nitrogens is 2. The van der Waals surface area contributed by atoms with Crippen LogP contribution >= 0.6 is 11.6 Å². The number of nitrogens with zero attached hydrogens (tertiary/aromatic N) is 2. The van der Waals surface area contributed by atoms with Crippen LogP contribution in [-0.2, 0) is 15.8 Å². The summed E-state index contributed by atoms with van der Waals surface area (Å²) in [6.07, 6.45) is 3.55. The number of hydrogen-bond donors (Lipinski definition) is 1. The molecule has 8 heteroatoms. The monoisotopic (exact) mass is 288 g/mol. The Labute approximate surface area is 112 Å². The summed E-state index contributed by atoms with van der Waals surface area (Å²) in [6, 6.07) is 0. The maximum Gasteiger partial charge on any atom is 0.147 e. The minimum absolute atomic E-state index is 0.232. The van der Waals surface area contributed by atoms with Crippen LogP contribution in [0.1, 0.15) is 18.5 Å². The van der Waals surface area contributed by atoms with Crippen LogP contribution in [0.4, 0.5) is 0 Å². The highest BCUT2D eigenvalue weighted by atomic mass is 35.5. The second kappa shape index (κ2) is 5.75. The molecule has 1 aliphatic heterocycles. The van der Waals surface area contributed by atoms with Crippen molar-refractivity contribution in [3.8, 4) is 0 Å². The fourth-order valence-corrected chi connectivity index (χ4v) is 2.41. The number of halogens is 1. The molecule has 0 aliphatic carbocycles. The van der Waals surface area contributed by atoms with E-state index in [1.165, 1.54) is 12.4 Å². The summed E-state index contributed by atoms with van der Waals surface area (Å²) in [6.45, 7) is 0. The van der Waals surface area contributed by atoms with E-state index < -0.39 is 11.1 Å². The first-order valence-corrected chi connectivity index (χ1v) is 6.66. The largest absolute Gasteiger partial charge is 0.769 e. The van der Waals surface area contributed by atoms with Crippen molar-refractivity contribution in [2.45, 2.75) is 19.1 Å². The molecule has 1 N–H and O–H groups in total. The number of hydrogen-bond acceptors (Lipinski definition) is 6. The molecule has 0 spiro atoms. The highest BCUT2D eigenvalue weighted by Gasteiger charge is 2.22. The van der Waals surface area contributed by atoms with Gasteiger partial charge >= 0.3 is 0 Å². The van der Waals surface area contributed by atoms with Crippen LogP contribution in [0.2, 0.25) is 5.15 Å². The molecule has 2 heterocycles. The van der Waals surface area contributed by atoms with Crippen molar-refractivity contribution in [1.29, 1.82) is 0 Å². The predicted molar refractivity (Wildman–Crippen MR) is 66.0 cm³/mol. The molecular weight excluding hydrogens is 278 g/mol. The molecule has 2 unspecified atom stereocenters. The second-order valence-electron chi connectivity index (χ2n) is 3.66. The number of ether oxygens (including phenoxy) is 1. The summed E-state index contributed by atoms with van der Waals surface area (Å²) in [5, 5.41) is 3.24. The van der Waals surface area contributed by atoms with Crippen molar-refractivity contribution in [3.05, 3.63) is 28.1 Å². The Bertz CT molecular complexity index is 492. The normalized spacial score (nSPS) is 21.6. The lowest BCUT2D eigenvalue weighted by Crippen LogP contribution is -2.34. The molecular formula is C10H11ClN3O3S-. The van der Waals surface area contributed by atoms with E-state index in [0.29, 0.717) is 24.2 Å². The van der Waals surface area contributed by atoms with Gasteiger partial charge in [0, 0.05) is 12.0 Å². The molecule has 0 saturated carbocycles. The van der Waals surface area contributed by atoms with Crippen LogP contribution in [-0.4, -0.2) is 32.1 Å². The summed E-state index contributed by atoms with van der Waals surface area (Å²) < 4.78 is 27.5. The molecule has 0 aromatic carbocycles. The zero-order valence-corrected chi connectivity index (χ0v) is 11.1. The summed E-state index contributed by atoms with van der Waals surface area (Å²) in [7, 11) is 1.56. The zero-order valence-electron chi connectivity index (χ0n) is 9.55. The minimum Gasteiger partial charge on any atom is -0.769 e. The molecule has 0 fully saturated rings. The van der Waals surface area contributed by atoms with Gasteiger partial charge in [-0.2, -0.15) is 0 Å². The Morgan fingerprint density at radius 1 is 1.56 bits per heavy atom. The smallest absolute Gasteiger partial charge is 0.147 e. The van der Waals surface area contributed by atoms with Gasteiger partial charge < -0.3 is 14.6 Å². The SMILES string of the molecule is COC1CCC(S(=O)[O-])=C(c2cnc(Cl)cn2)N1. The van der Waals surface area contributed by atoms with Crippen molar-refractivity contribution >= 4 is 28.4 Å². The fraction of sp³-hybridized carbons (Fsp3) is 0.400.